The van der Waals surface area contributed by atoms with E-state index < -0.39 is 11.5 Å². The predicted molar refractivity (Wildman–Crippen MR) is 105 cm³/mol. The number of nitrogens with zero attached hydrogens (tertiary/aromatic N) is 5. The molecule has 2 heterocycles. The fourth-order valence-corrected chi connectivity index (χ4v) is 2.90. The average molecular weight is 440 g/mol. The van der Waals surface area contributed by atoms with Crippen molar-refractivity contribution in [2.45, 2.75) is 13.2 Å². The van der Waals surface area contributed by atoms with Crippen LogP contribution in [0.2, 0.25) is 0 Å². The van der Waals surface area contributed by atoms with Gasteiger partial charge >= 0.3 is 5.97 Å². The summed E-state index contributed by atoms with van der Waals surface area (Å²) in [5.41, 5.74) is 1.54. The van der Waals surface area contributed by atoms with Crippen molar-refractivity contribution in [3.8, 4) is 5.69 Å². The maximum atomic E-state index is 12.6. The smallest absolute Gasteiger partial charge is 0.326 e. The predicted octanol–water partition coefficient (Wildman–Crippen LogP) is 2.48. The monoisotopic (exact) mass is 439 g/mol. The van der Waals surface area contributed by atoms with Crippen LogP contribution in [0.1, 0.15) is 5.56 Å². The second kappa shape index (κ2) is 7.73. The van der Waals surface area contributed by atoms with Gasteiger partial charge in [-0.05, 0) is 29.8 Å². The van der Waals surface area contributed by atoms with E-state index in [9.17, 15) is 9.59 Å². The first-order valence-corrected chi connectivity index (χ1v) is 9.17. The summed E-state index contributed by atoms with van der Waals surface area (Å²) in [6.07, 6.45) is 1.30. The molecule has 0 aliphatic carbocycles. The Morgan fingerprint density at radius 2 is 1.82 bits per heavy atom. The van der Waals surface area contributed by atoms with Gasteiger partial charge in [0.2, 0.25) is 0 Å². The minimum Gasteiger partial charge on any atom is -0.459 e. The summed E-state index contributed by atoms with van der Waals surface area (Å²) in [5.74, 6) is -0.535. The first-order valence-electron chi connectivity index (χ1n) is 8.38. The van der Waals surface area contributed by atoms with Crippen molar-refractivity contribution in [3.63, 3.8) is 0 Å². The number of benzene rings is 2. The van der Waals surface area contributed by atoms with Crippen molar-refractivity contribution in [2.75, 3.05) is 0 Å². The number of hydrogen-bond donors (Lipinski definition) is 0. The molecule has 140 valence electrons. The number of carbonyl (C=O) groups excluding carboxylic acids is 1. The first kappa shape index (κ1) is 18.1. The summed E-state index contributed by atoms with van der Waals surface area (Å²) in [7, 11) is 0. The normalized spacial score (nSPS) is 10.9. The molecule has 0 radical (unpaired) electrons. The minimum atomic E-state index is -0.535. The molecular weight excluding hydrogens is 426 g/mol. The average Bonchev–Trinajstić information content (AvgIpc) is 3.15. The van der Waals surface area contributed by atoms with E-state index in [1.165, 1.54) is 11.0 Å². The van der Waals surface area contributed by atoms with Crippen LogP contribution in [-0.4, -0.2) is 30.5 Å². The Morgan fingerprint density at radius 1 is 1.07 bits per heavy atom. The Hall–Kier alpha value is -3.33. The summed E-state index contributed by atoms with van der Waals surface area (Å²) in [6, 6.07) is 16.7. The molecule has 28 heavy (non-hydrogen) atoms. The van der Waals surface area contributed by atoms with E-state index in [4.69, 9.17) is 4.74 Å². The molecule has 9 heteroatoms. The summed E-state index contributed by atoms with van der Waals surface area (Å²) >= 11 is 3.37. The maximum absolute atomic E-state index is 12.6. The highest BCUT2D eigenvalue weighted by Crippen LogP contribution is 2.15. The van der Waals surface area contributed by atoms with Crippen molar-refractivity contribution >= 4 is 33.1 Å². The molecule has 0 aliphatic rings. The van der Waals surface area contributed by atoms with E-state index in [0.29, 0.717) is 5.65 Å². The second-order valence-electron chi connectivity index (χ2n) is 5.97. The lowest BCUT2D eigenvalue weighted by molar-refractivity contribution is -0.145. The van der Waals surface area contributed by atoms with Gasteiger partial charge in [0.25, 0.3) is 5.56 Å². The summed E-state index contributed by atoms with van der Waals surface area (Å²) < 4.78 is 8.77. The van der Waals surface area contributed by atoms with Crippen molar-refractivity contribution in [3.05, 3.63) is 81.3 Å². The number of ether oxygens (including phenoxy) is 1. The molecule has 0 unspecified atom stereocenters. The highest BCUT2D eigenvalue weighted by molar-refractivity contribution is 9.10. The van der Waals surface area contributed by atoms with Crippen LogP contribution in [-0.2, 0) is 22.7 Å². The fraction of sp³-hybridized carbons (Fsp3) is 0.105. The second-order valence-corrected chi connectivity index (χ2v) is 6.89. The van der Waals surface area contributed by atoms with Gasteiger partial charge in [0.05, 0.1) is 5.69 Å². The third-order valence-electron chi connectivity index (χ3n) is 4.04. The van der Waals surface area contributed by atoms with Crippen LogP contribution in [0, 0.1) is 0 Å². The first-order chi connectivity index (χ1) is 13.6. The number of fused-ring (bicyclic) bond motifs is 1. The molecule has 0 aliphatic heterocycles. The van der Waals surface area contributed by atoms with Crippen LogP contribution in [0.4, 0.5) is 0 Å². The number of carbonyl (C=O) groups is 1. The topological polar surface area (TPSA) is 91.9 Å². The third-order valence-corrected chi connectivity index (χ3v) is 4.57. The zero-order valence-electron chi connectivity index (χ0n) is 14.5. The van der Waals surface area contributed by atoms with Crippen LogP contribution in [0.3, 0.4) is 0 Å². The molecule has 0 spiro atoms. The molecule has 8 nitrogen and oxygen atoms in total. The van der Waals surface area contributed by atoms with E-state index in [-0.39, 0.29) is 18.7 Å². The fourth-order valence-electron chi connectivity index (χ4n) is 2.64. The van der Waals surface area contributed by atoms with Crippen molar-refractivity contribution < 1.29 is 9.53 Å². The Morgan fingerprint density at radius 3 is 2.57 bits per heavy atom. The number of esters is 1. The van der Waals surface area contributed by atoms with Gasteiger partial charge in [-0.15, -0.1) is 5.10 Å². The van der Waals surface area contributed by atoms with Gasteiger partial charge in [-0.1, -0.05) is 51.5 Å². The molecule has 0 fully saturated rings. The Balaban J connectivity index is 1.54. The van der Waals surface area contributed by atoms with Crippen LogP contribution in [0.25, 0.3) is 16.9 Å². The number of halogens is 1. The molecule has 0 bridgehead atoms. The van der Waals surface area contributed by atoms with Crippen LogP contribution >= 0.6 is 15.9 Å². The molecular formula is C19H14BrN5O3. The standard InChI is InChI=1S/C19H14BrN5O3/c20-14-6-8-15(9-7-14)25-18-17(22-23-25)19(27)24(12-21-18)10-16(26)28-11-13-4-2-1-3-5-13/h1-9,12H,10-11H2. The minimum absolute atomic E-state index is 0.0845. The maximum Gasteiger partial charge on any atom is 0.326 e. The van der Waals surface area contributed by atoms with Crippen molar-refractivity contribution in [1.29, 1.82) is 0 Å². The zero-order chi connectivity index (χ0) is 19.5. The van der Waals surface area contributed by atoms with Gasteiger partial charge in [0.15, 0.2) is 11.2 Å². The highest BCUT2D eigenvalue weighted by atomic mass is 79.9. The van der Waals surface area contributed by atoms with Crippen molar-refractivity contribution in [2.24, 2.45) is 0 Å². The van der Waals surface area contributed by atoms with E-state index in [0.717, 1.165) is 20.3 Å². The number of hydrogen-bond acceptors (Lipinski definition) is 6. The Labute approximate surface area is 167 Å². The summed E-state index contributed by atoms with van der Waals surface area (Å²) in [6.45, 7) is -0.108. The van der Waals surface area contributed by atoms with Gasteiger partial charge in [-0.2, -0.15) is 4.68 Å². The molecule has 0 N–H and O–H groups in total. The summed E-state index contributed by atoms with van der Waals surface area (Å²) in [4.78, 5) is 29.0. The van der Waals surface area contributed by atoms with Crippen LogP contribution < -0.4 is 5.56 Å². The molecule has 2 aromatic heterocycles. The van der Waals surface area contributed by atoms with Crippen molar-refractivity contribution in [1.82, 2.24) is 24.5 Å². The van der Waals surface area contributed by atoms with E-state index in [2.05, 4.69) is 31.2 Å². The van der Waals surface area contributed by atoms with E-state index >= 15 is 0 Å². The zero-order valence-corrected chi connectivity index (χ0v) is 16.1. The molecule has 4 aromatic rings. The number of rotatable bonds is 5. The lowest BCUT2D eigenvalue weighted by Crippen LogP contribution is -2.26. The lowest BCUT2D eigenvalue weighted by Gasteiger charge is -2.07. The number of aromatic nitrogens is 5. The van der Waals surface area contributed by atoms with Crippen LogP contribution in [0.15, 0.2) is 70.2 Å². The molecule has 4 rings (SSSR count). The van der Waals surface area contributed by atoms with Crippen LogP contribution in [0.5, 0.6) is 0 Å². The van der Waals surface area contributed by atoms with Gasteiger partial charge in [0.1, 0.15) is 19.5 Å². The Bertz CT molecular complexity index is 1190. The Kier molecular flexibility index (Phi) is 4.98. The third kappa shape index (κ3) is 3.70. The summed E-state index contributed by atoms with van der Waals surface area (Å²) in [5, 5.41) is 7.94. The molecule has 2 aromatic carbocycles. The van der Waals surface area contributed by atoms with Gasteiger partial charge in [0, 0.05) is 4.47 Å². The lowest BCUT2D eigenvalue weighted by atomic mass is 10.2. The largest absolute Gasteiger partial charge is 0.459 e. The molecule has 0 saturated heterocycles. The quantitative estimate of drug-likeness (QED) is 0.443. The van der Waals surface area contributed by atoms with Gasteiger partial charge in [-0.3, -0.25) is 14.2 Å². The highest BCUT2D eigenvalue weighted by Gasteiger charge is 2.15. The van der Waals surface area contributed by atoms with E-state index in [1.54, 1.807) is 0 Å². The van der Waals surface area contributed by atoms with Gasteiger partial charge < -0.3 is 4.74 Å². The molecule has 0 atom stereocenters. The van der Waals surface area contributed by atoms with E-state index in [1.807, 2.05) is 54.6 Å². The van der Waals surface area contributed by atoms with Gasteiger partial charge in [-0.25, -0.2) is 4.98 Å². The molecule has 0 amide bonds. The SMILES string of the molecule is O=C(Cn1cnc2c(nnn2-c2ccc(Br)cc2)c1=O)OCc1ccccc1. The molecule has 0 saturated carbocycles.